The van der Waals surface area contributed by atoms with E-state index >= 15 is 0 Å². The van der Waals surface area contributed by atoms with Gasteiger partial charge >= 0.3 is 5.97 Å². The van der Waals surface area contributed by atoms with Crippen LogP contribution >= 0.6 is 0 Å². The van der Waals surface area contributed by atoms with Crippen molar-refractivity contribution in [3.63, 3.8) is 0 Å². The van der Waals surface area contributed by atoms with Crippen LogP contribution in [0.5, 0.6) is 5.75 Å². The number of hydrogen-bond acceptors (Lipinski definition) is 5. The molecule has 0 bridgehead atoms. The number of aromatic nitrogens is 3. The van der Waals surface area contributed by atoms with Crippen molar-refractivity contribution in [3.8, 4) is 11.4 Å². The Balaban J connectivity index is 1.87. The van der Waals surface area contributed by atoms with Crippen LogP contribution in [-0.2, 0) is 11.3 Å². The van der Waals surface area contributed by atoms with Crippen LogP contribution in [0, 0.1) is 0 Å². The molecule has 3 rings (SSSR count). The number of rotatable bonds is 6. The summed E-state index contributed by atoms with van der Waals surface area (Å²) >= 11 is 0. The highest BCUT2D eigenvalue weighted by Gasteiger charge is 2.20. The molecule has 6 nitrogen and oxygen atoms in total. The Morgan fingerprint density at radius 2 is 2.00 bits per heavy atom. The van der Waals surface area contributed by atoms with Gasteiger partial charge < -0.3 is 9.47 Å². The molecule has 0 fully saturated rings. The van der Waals surface area contributed by atoms with Crippen molar-refractivity contribution >= 4 is 5.97 Å². The molecule has 0 aliphatic rings. The van der Waals surface area contributed by atoms with Crippen molar-refractivity contribution in [2.45, 2.75) is 13.5 Å². The van der Waals surface area contributed by atoms with Crippen LogP contribution in [0.3, 0.4) is 0 Å². The Morgan fingerprint density at radius 3 is 2.71 bits per heavy atom. The van der Waals surface area contributed by atoms with E-state index in [1.54, 1.807) is 36.3 Å². The Bertz CT molecular complexity index is 801. The fourth-order valence-corrected chi connectivity index (χ4v) is 2.16. The minimum Gasteiger partial charge on any atom is -0.485 e. The number of hydrogen-bond donors (Lipinski definition) is 0. The second-order valence-corrected chi connectivity index (χ2v) is 4.99. The third-order valence-electron chi connectivity index (χ3n) is 3.30. The number of carbonyl (C=O) groups is 1. The molecule has 2 heterocycles. The van der Waals surface area contributed by atoms with Crippen LogP contribution in [0.4, 0.5) is 0 Å². The maximum absolute atomic E-state index is 12.1. The van der Waals surface area contributed by atoms with E-state index in [-0.39, 0.29) is 12.3 Å². The first-order valence-corrected chi connectivity index (χ1v) is 7.62. The summed E-state index contributed by atoms with van der Waals surface area (Å²) in [6.07, 6.45) is 4.99. The van der Waals surface area contributed by atoms with Gasteiger partial charge in [-0.3, -0.25) is 4.98 Å². The molecule has 0 radical (unpaired) electrons. The molecule has 122 valence electrons. The largest absolute Gasteiger partial charge is 0.485 e. The molecular weight excluding hydrogens is 306 g/mol. The second-order valence-electron chi connectivity index (χ2n) is 4.99. The zero-order chi connectivity index (χ0) is 16.8. The lowest BCUT2D eigenvalue weighted by Crippen LogP contribution is -2.08. The van der Waals surface area contributed by atoms with Gasteiger partial charge in [-0.25, -0.2) is 9.48 Å². The predicted molar refractivity (Wildman–Crippen MR) is 88.1 cm³/mol. The zero-order valence-corrected chi connectivity index (χ0v) is 13.3. The summed E-state index contributed by atoms with van der Waals surface area (Å²) in [6, 6.07) is 13.4. The maximum atomic E-state index is 12.1. The third kappa shape index (κ3) is 3.60. The lowest BCUT2D eigenvalue weighted by molar-refractivity contribution is 0.0514. The molecule has 0 aliphatic heterocycles. The molecule has 0 saturated carbocycles. The van der Waals surface area contributed by atoms with E-state index in [4.69, 9.17) is 9.47 Å². The molecule has 0 N–H and O–H groups in total. The normalized spacial score (nSPS) is 10.4. The quantitative estimate of drug-likeness (QED) is 0.652. The summed E-state index contributed by atoms with van der Waals surface area (Å²) in [5.41, 5.74) is 1.88. The molecular formula is C18H17N3O3. The number of esters is 1. The van der Waals surface area contributed by atoms with E-state index in [1.807, 2.05) is 36.4 Å². The minimum atomic E-state index is -0.511. The SMILES string of the molecule is CCOC(=O)c1nn(-c2cccnc2)cc1OCc1ccccc1. The lowest BCUT2D eigenvalue weighted by Gasteiger charge is -2.05. The average molecular weight is 323 g/mol. The minimum absolute atomic E-state index is 0.150. The van der Waals surface area contributed by atoms with Crippen LogP contribution in [0.25, 0.3) is 5.69 Å². The van der Waals surface area contributed by atoms with Crippen molar-refractivity contribution in [3.05, 3.63) is 72.3 Å². The summed E-state index contributed by atoms with van der Waals surface area (Å²) in [4.78, 5) is 16.2. The molecule has 2 aromatic heterocycles. The van der Waals surface area contributed by atoms with Gasteiger partial charge in [-0.1, -0.05) is 30.3 Å². The van der Waals surface area contributed by atoms with E-state index in [9.17, 15) is 4.79 Å². The number of carbonyl (C=O) groups excluding carboxylic acids is 1. The van der Waals surface area contributed by atoms with Crippen molar-refractivity contribution in [1.82, 2.24) is 14.8 Å². The lowest BCUT2D eigenvalue weighted by atomic mass is 10.2. The molecule has 1 aromatic carbocycles. The molecule has 3 aromatic rings. The Kier molecular flexibility index (Phi) is 4.86. The first-order valence-electron chi connectivity index (χ1n) is 7.62. The van der Waals surface area contributed by atoms with Gasteiger partial charge in [-0.2, -0.15) is 5.10 Å². The highest BCUT2D eigenvalue weighted by Crippen LogP contribution is 2.21. The number of nitrogens with zero attached hydrogens (tertiary/aromatic N) is 3. The molecule has 0 atom stereocenters. The highest BCUT2D eigenvalue weighted by atomic mass is 16.5. The second kappa shape index (κ2) is 7.41. The van der Waals surface area contributed by atoms with E-state index in [0.29, 0.717) is 12.4 Å². The summed E-state index contributed by atoms with van der Waals surface area (Å²) in [5, 5.41) is 4.29. The van der Waals surface area contributed by atoms with Gasteiger partial charge in [0.25, 0.3) is 0 Å². The van der Waals surface area contributed by atoms with Crippen LogP contribution in [0.2, 0.25) is 0 Å². The van der Waals surface area contributed by atoms with Crippen LogP contribution < -0.4 is 4.74 Å². The molecule has 24 heavy (non-hydrogen) atoms. The number of ether oxygens (including phenoxy) is 2. The smallest absolute Gasteiger partial charge is 0.362 e. The van der Waals surface area contributed by atoms with Gasteiger partial charge in [0.2, 0.25) is 5.69 Å². The van der Waals surface area contributed by atoms with Crippen LogP contribution in [0.1, 0.15) is 23.0 Å². The monoisotopic (exact) mass is 323 g/mol. The van der Waals surface area contributed by atoms with Gasteiger partial charge in [0.15, 0.2) is 5.75 Å². The third-order valence-corrected chi connectivity index (χ3v) is 3.30. The first kappa shape index (κ1) is 15.7. The first-order chi connectivity index (χ1) is 11.8. The van der Waals surface area contributed by atoms with E-state index in [2.05, 4.69) is 10.1 Å². The van der Waals surface area contributed by atoms with E-state index in [1.165, 1.54) is 0 Å². The van der Waals surface area contributed by atoms with Crippen molar-refractivity contribution in [2.75, 3.05) is 6.61 Å². The summed E-state index contributed by atoms with van der Waals surface area (Å²) < 4.78 is 12.4. The van der Waals surface area contributed by atoms with Crippen molar-refractivity contribution in [1.29, 1.82) is 0 Å². The zero-order valence-electron chi connectivity index (χ0n) is 13.3. The van der Waals surface area contributed by atoms with Crippen molar-refractivity contribution < 1.29 is 14.3 Å². The standard InChI is InChI=1S/C18H17N3O3/c1-2-23-18(22)17-16(24-13-14-7-4-3-5-8-14)12-21(20-17)15-9-6-10-19-11-15/h3-12H,2,13H2,1H3. The van der Waals surface area contributed by atoms with Gasteiger partial charge in [-0.15, -0.1) is 0 Å². The Labute approximate surface area is 139 Å². The fourth-order valence-electron chi connectivity index (χ4n) is 2.16. The molecule has 0 unspecified atom stereocenters. The molecule has 0 saturated heterocycles. The Morgan fingerprint density at radius 1 is 1.17 bits per heavy atom. The van der Waals surface area contributed by atoms with E-state index in [0.717, 1.165) is 11.3 Å². The summed E-state index contributed by atoms with van der Waals surface area (Å²) in [6.45, 7) is 2.36. The van der Waals surface area contributed by atoms with E-state index < -0.39 is 5.97 Å². The number of pyridine rings is 1. The van der Waals surface area contributed by atoms with Gasteiger partial charge in [-0.05, 0) is 24.6 Å². The summed E-state index contributed by atoms with van der Waals surface area (Å²) in [7, 11) is 0. The van der Waals surface area contributed by atoms with Gasteiger partial charge in [0.05, 0.1) is 24.7 Å². The van der Waals surface area contributed by atoms with Crippen LogP contribution in [-0.4, -0.2) is 27.3 Å². The summed E-state index contributed by atoms with van der Waals surface area (Å²) in [5.74, 6) is -0.135. The topological polar surface area (TPSA) is 66.2 Å². The average Bonchev–Trinajstić information content (AvgIpc) is 3.06. The molecule has 0 amide bonds. The van der Waals surface area contributed by atoms with Crippen molar-refractivity contribution in [2.24, 2.45) is 0 Å². The Hall–Kier alpha value is -3.15. The fraction of sp³-hybridized carbons (Fsp3) is 0.167. The molecule has 6 heteroatoms. The van der Waals surface area contributed by atoms with Gasteiger partial charge in [0, 0.05) is 6.20 Å². The predicted octanol–water partition coefficient (Wildman–Crippen LogP) is 3.02. The van der Waals surface area contributed by atoms with Gasteiger partial charge in [0.1, 0.15) is 6.61 Å². The highest BCUT2D eigenvalue weighted by molar-refractivity contribution is 5.90. The maximum Gasteiger partial charge on any atom is 0.362 e. The van der Waals surface area contributed by atoms with Crippen LogP contribution in [0.15, 0.2) is 61.1 Å². The molecule has 0 spiro atoms. The molecule has 0 aliphatic carbocycles. The number of benzene rings is 1.